The van der Waals surface area contributed by atoms with E-state index in [1.165, 1.54) is 12.8 Å². The largest absolute Gasteiger partial charge is 0.497 e. The topological polar surface area (TPSA) is 57.2 Å². The Balaban J connectivity index is 1.42. The van der Waals surface area contributed by atoms with E-state index in [4.69, 9.17) is 18.9 Å². The van der Waals surface area contributed by atoms with Crippen molar-refractivity contribution in [1.82, 2.24) is 4.90 Å². The molecule has 148 valence electrons. The summed E-state index contributed by atoms with van der Waals surface area (Å²) >= 11 is 0. The first-order valence-electron chi connectivity index (χ1n) is 9.89. The van der Waals surface area contributed by atoms with Crippen LogP contribution in [-0.2, 0) is 9.47 Å². The number of carbonyl (C=O) groups excluding carboxylic acids is 1. The number of amides is 1. The van der Waals surface area contributed by atoms with E-state index >= 15 is 0 Å². The standard InChI is InChI=1S/C21H29NO5/c1-24-16-6-7-18(19(10-16)25-2)20(23)22-9-3-8-21(14-22)11-17(13-27-21)26-12-15-4-5-15/h6-7,10,15,17H,3-5,8-9,11-14H2,1-2H3/t17-,21-/m1/s1. The molecule has 0 aromatic heterocycles. The van der Waals surface area contributed by atoms with Gasteiger partial charge in [-0.1, -0.05) is 0 Å². The van der Waals surface area contributed by atoms with Gasteiger partial charge < -0.3 is 23.8 Å². The van der Waals surface area contributed by atoms with Crippen LogP contribution in [0, 0.1) is 5.92 Å². The van der Waals surface area contributed by atoms with E-state index in [-0.39, 0.29) is 17.6 Å². The molecule has 0 bridgehead atoms. The number of hydrogen-bond donors (Lipinski definition) is 0. The lowest BCUT2D eigenvalue weighted by atomic mass is 9.89. The molecule has 6 heteroatoms. The van der Waals surface area contributed by atoms with E-state index in [2.05, 4.69) is 0 Å². The van der Waals surface area contributed by atoms with Crippen molar-refractivity contribution in [1.29, 1.82) is 0 Å². The highest BCUT2D eigenvalue weighted by Gasteiger charge is 2.45. The molecule has 2 atom stereocenters. The van der Waals surface area contributed by atoms with E-state index in [1.807, 2.05) is 4.90 Å². The SMILES string of the molecule is COc1ccc(C(=O)N2CCC[C@@]3(C[C@@H](OCC4CC4)CO3)C2)c(OC)c1. The van der Waals surface area contributed by atoms with Crippen LogP contribution in [0.1, 0.15) is 42.5 Å². The number of nitrogens with zero attached hydrogens (tertiary/aromatic N) is 1. The van der Waals surface area contributed by atoms with Crippen LogP contribution in [0.4, 0.5) is 0 Å². The molecular weight excluding hydrogens is 346 g/mol. The van der Waals surface area contributed by atoms with Gasteiger partial charge in [-0.2, -0.15) is 0 Å². The number of likely N-dealkylation sites (tertiary alicyclic amines) is 1. The molecule has 1 saturated carbocycles. The van der Waals surface area contributed by atoms with E-state index in [1.54, 1.807) is 32.4 Å². The van der Waals surface area contributed by atoms with Crippen molar-refractivity contribution in [2.75, 3.05) is 40.5 Å². The molecule has 0 radical (unpaired) electrons. The van der Waals surface area contributed by atoms with Gasteiger partial charge in [-0.05, 0) is 43.7 Å². The molecular formula is C21H29NO5. The van der Waals surface area contributed by atoms with Crippen LogP contribution >= 0.6 is 0 Å². The maximum atomic E-state index is 13.1. The Hall–Kier alpha value is -1.79. The first kappa shape index (κ1) is 18.6. The van der Waals surface area contributed by atoms with Crippen LogP contribution in [0.3, 0.4) is 0 Å². The molecule has 0 N–H and O–H groups in total. The zero-order chi connectivity index (χ0) is 18.9. The van der Waals surface area contributed by atoms with Crippen molar-refractivity contribution in [2.24, 2.45) is 5.92 Å². The molecule has 1 amide bonds. The van der Waals surface area contributed by atoms with Gasteiger partial charge in [-0.15, -0.1) is 0 Å². The van der Waals surface area contributed by atoms with Gasteiger partial charge in [0.25, 0.3) is 5.91 Å². The number of hydrogen-bond acceptors (Lipinski definition) is 5. The second-order valence-electron chi connectivity index (χ2n) is 7.99. The van der Waals surface area contributed by atoms with Gasteiger partial charge in [0, 0.05) is 25.6 Å². The lowest BCUT2D eigenvalue weighted by Gasteiger charge is -2.39. The Morgan fingerprint density at radius 1 is 1.30 bits per heavy atom. The smallest absolute Gasteiger partial charge is 0.257 e. The molecule has 3 fully saturated rings. The Morgan fingerprint density at radius 3 is 2.89 bits per heavy atom. The van der Waals surface area contributed by atoms with E-state index < -0.39 is 0 Å². The zero-order valence-corrected chi connectivity index (χ0v) is 16.2. The van der Waals surface area contributed by atoms with Gasteiger partial charge in [-0.25, -0.2) is 0 Å². The predicted molar refractivity (Wildman–Crippen MR) is 100 cm³/mol. The van der Waals surface area contributed by atoms with E-state index in [0.29, 0.717) is 30.2 Å². The summed E-state index contributed by atoms with van der Waals surface area (Å²) in [5.74, 6) is 1.96. The molecule has 0 unspecified atom stereocenters. The van der Waals surface area contributed by atoms with Gasteiger partial charge in [-0.3, -0.25) is 4.79 Å². The summed E-state index contributed by atoms with van der Waals surface area (Å²) in [7, 11) is 3.18. The molecule has 2 saturated heterocycles. The normalized spacial score (nSPS) is 27.8. The lowest BCUT2D eigenvalue weighted by molar-refractivity contribution is -0.0465. The summed E-state index contributed by atoms with van der Waals surface area (Å²) in [4.78, 5) is 15.0. The molecule has 1 aromatic carbocycles. The van der Waals surface area contributed by atoms with Crippen molar-refractivity contribution >= 4 is 5.91 Å². The Morgan fingerprint density at radius 2 is 2.15 bits per heavy atom. The summed E-state index contributed by atoms with van der Waals surface area (Å²) in [5, 5.41) is 0. The molecule has 3 aliphatic rings. The van der Waals surface area contributed by atoms with Crippen molar-refractivity contribution in [3.8, 4) is 11.5 Å². The minimum absolute atomic E-state index is 0.0143. The average Bonchev–Trinajstić information content (AvgIpc) is 3.46. The third-order valence-corrected chi connectivity index (χ3v) is 5.91. The van der Waals surface area contributed by atoms with Crippen LogP contribution in [0.5, 0.6) is 11.5 Å². The van der Waals surface area contributed by atoms with Crippen molar-refractivity contribution in [3.63, 3.8) is 0 Å². The van der Waals surface area contributed by atoms with Gasteiger partial charge in [0.15, 0.2) is 0 Å². The number of ether oxygens (including phenoxy) is 4. The first-order chi connectivity index (χ1) is 13.1. The minimum Gasteiger partial charge on any atom is -0.497 e. The summed E-state index contributed by atoms with van der Waals surface area (Å²) in [6.45, 7) is 2.85. The number of methoxy groups -OCH3 is 2. The second-order valence-corrected chi connectivity index (χ2v) is 7.99. The van der Waals surface area contributed by atoms with Gasteiger partial charge >= 0.3 is 0 Å². The fraction of sp³-hybridized carbons (Fsp3) is 0.667. The Kier molecular flexibility index (Phi) is 5.28. The average molecular weight is 375 g/mol. The van der Waals surface area contributed by atoms with Crippen LogP contribution in [0.25, 0.3) is 0 Å². The van der Waals surface area contributed by atoms with Gasteiger partial charge in [0.05, 0.1) is 44.6 Å². The quantitative estimate of drug-likeness (QED) is 0.765. The Bertz CT molecular complexity index is 689. The van der Waals surface area contributed by atoms with Crippen LogP contribution in [0.2, 0.25) is 0 Å². The van der Waals surface area contributed by atoms with Crippen molar-refractivity contribution in [3.05, 3.63) is 23.8 Å². The summed E-state index contributed by atoms with van der Waals surface area (Å²) < 4.78 is 22.9. The third-order valence-electron chi connectivity index (χ3n) is 5.91. The first-order valence-corrected chi connectivity index (χ1v) is 9.89. The predicted octanol–water partition coefficient (Wildman–Crippen LogP) is 2.89. The third kappa shape index (κ3) is 4.06. The fourth-order valence-corrected chi connectivity index (χ4v) is 4.17. The van der Waals surface area contributed by atoms with Gasteiger partial charge in [0.2, 0.25) is 0 Å². The lowest BCUT2D eigenvalue weighted by Crippen LogP contribution is -2.50. The Labute approximate surface area is 160 Å². The minimum atomic E-state index is -0.262. The maximum absolute atomic E-state index is 13.1. The van der Waals surface area contributed by atoms with Crippen LogP contribution < -0.4 is 9.47 Å². The molecule has 27 heavy (non-hydrogen) atoms. The highest BCUT2D eigenvalue weighted by atomic mass is 16.6. The molecule has 2 aliphatic heterocycles. The second kappa shape index (κ2) is 7.68. The molecule has 4 rings (SSSR count). The molecule has 6 nitrogen and oxygen atoms in total. The molecule has 1 spiro atoms. The zero-order valence-electron chi connectivity index (χ0n) is 16.2. The number of piperidine rings is 1. The number of carbonyl (C=O) groups is 1. The van der Waals surface area contributed by atoms with Crippen LogP contribution in [0.15, 0.2) is 18.2 Å². The molecule has 2 heterocycles. The molecule has 1 aliphatic carbocycles. The summed E-state index contributed by atoms with van der Waals surface area (Å²) in [6.07, 6.45) is 5.56. The highest BCUT2D eigenvalue weighted by molar-refractivity contribution is 5.97. The summed E-state index contributed by atoms with van der Waals surface area (Å²) in [5.41, 5.74) is 0.303. The van der Waals surface area contributed by atoms with Gasteiger partial charge in [0.1, 0.15) is 11.5 Å². The molecule has 1 aromatic rings. The van der Waals surface area contributed by atoms with E-state index in [9.17, 15) is 4.79 Å². The van der Waals surface area contributed by atoms with E-state index in [0.717, 1.165) is 38.3 Å². The van der Waals surface area contributed by atoms with Crippen molar-refractivity contribution < 1.29 is 23.7 Å². The van der Waals surface area contributed by atoms with Crippen molar-refractivity contribution in [2.45, 2.75) is 43.8 Å². The highest BCUT2D eigenvalue weighted by Crippen LogP contribution is 2.38. The maximum Gasteiger partial charge on any atom is 0.257 e. The monoisotopic (exact) mass is 375 g/mol. The van der Waals surface area contributed by atoms with Crippen LogP contribution in [-0.4, -0.2) is 63.0 Å². The fourth-order valence-electron chi connectivity index (χ4n) is 4.17. The summed E-state index contributed by atoms with van der Waals surface area (Å²) in [6, 6.07) is 5.32. The number of benzene rings is 1. The number of rotatable bonds is 6.